The van der Waals surface area contributed by atoms with Crippen molar-refractivity contribution in [3.8, 4) is 0 Å². The topological polar surface area (TPSA) is 76.1 Å². The Morgan fingerprint density at radius 2 is 1.83 bits per heavy atom. The van der Waals surface area contributed by atoms with Gasteiger partial charge in [0, 0.05) is 12.6 Å². The molecule has 6 nitrogen and oxygen atoms in total. The number of hydrogen-bond donors (Lipinski definition) is 1. The van der Waals surface area contributed by atoms with Crippen molar-refractivity contribution in [1.29, 1.82) is 0 Å². The van der Waals surface area contributed by atoms with Gasteiger partial charge in [0.15, 0.2) is 0 Å². The molecule has 1 unspecified atom stereocenters. The standard InChI is InChI=1S/C12H23NO5/c1-5-17-6-7-18-10(4)12(16)13(9(2)3)8-11(14)15/h9-10H,5-8H2,1-4H3,(H,14,15). The molecule has 0 aliphatic carbocycles. The maximum absolute atomic E-state index is 12.0. The van der Waals surface area contributed by atoms with Crippen LogP contribution in [0.2, 0.25) is 0 Å². The molecular formula is C12H23NO5. The fourth-order valence-electron chi connectivity index (χ4n) is 1.39. The summed E-state index contributed by atoms with van der Waals surface area (Å²) in [5.74, 6) is -1.34. The lowest BCUT2D eigenvalue weighted by Gasteiger charge is -2.27. The first kappa shape index (κ1) is 16.9. The largest absolute Gasteiger partial charge is 0.480 e. The first-order valence-corrected chi connectivity index (χ1v) is 6.11. The second kappa shape index (κ2) is 8.88. The Morgan fingerprint density at radius 3 is 2.28 bits per heavy atom. The van der Waals surface area contributed by atoms with E-state index in [1.54, 1.807) is 20.8 Å². The Hall–Kier alpha value is -1.14. The SMILES string of the molecule is CCOCCOC(C)C(=O)N(CC(=O)O)C(C)C. The third kappa shape index (κ3) is 6.56. The second-order valence-corrected chi connectivity index (χ2v) is 4.16. The van der Waals surface area contributed by atoms with Gasteiger partial charge in [-0.15, -0.1) is 0 Å². The van der Waals surface area contributed by atoms with Crippen LogP contribution in [0.25, 0.3) is 0 Å². The van der Waals surface area contributed by atoms with Crippen molar-refractivity contribution in [3.63, 3.8) is 0 Å². The van der Waals surface area contributed by atoms with Crippen LogP contribution in [0.15, 0.2) is 0 Å². The van der Waals surface area contributed by atoms with Crippen molar-refractivity contribution in [1.82, 2.24) is 4.90 Å². The van der Waals surface area contributed by atoms with Gasteiger partial charge < -0.3 is 19.5 Å². The second-order valence-electron chi connectivity index (χ2n) is 4.16. The van der Waals surface area contributed by atoms with Gasteiger partial charge in [-0.2, -0.15) is 0 Å². The van der Waals surface area contributed by atoms with E-state index >= 15 is 0 Å². The van der Waals surface area contributed by atoms with Gasteiger partial charge in [0.2, 0.25) is 0 Å². The summed E-state index contributed by atoms with van der Waals surface area (Å²) < 4.78 is 10.4. The van der Waals surface area contributed by atoms with E-state index in [4.69, 9.17) is 14.6 Å². The van der Waals surface area contributed by atoms with Crippen LogP contribution >= 0.6 is 0 Å². The molecule has 1 atom stereocenters. The fourth-order valence-corrected chi connectivity index (χ4v) is 1.39. The summed E-state index contributed by atoms with van der Waals surface area (Å²) in [7, 11) is 0. The Labute approximate surface area is 108 Å². The minimum Gasteiger partial charge on any atom is -0.480 e. The van der Waals surface area contributed by atoms with Crippen molar-refractivity contribution >= 4 is 11.9 Å². The third-order valence-electron chi connectivity index (χ3n) is 2.36. The van der Waals surface area contributed by atoms with Crippen LogP contribution in [0.4, 0.5) is 0 Å². The Morgan fingerprint density at radius 1 is 1.22 bits per heavy atom. The Kier molecular flexibility index (Phi) is 8.32. The van der Waals surface area contributed by atoms with Gasteiger partial charge in [-0.25, -0.2) is 0 Å². The van der Waals surface area contributed by atoms with Crippen LogP contribution in [-0.4, -0.2) is 60.4 Å². The highest BCUT2D eigenvalue weighted by molar-refractivity contribution is 5.84. The summed E-state index contributed by atoms with van der Waals surface area (Å²) in [6.45, 7) is 8.07. The Balaban J connectivity index is 4.25. The van der Waals surface area contributed by atoms with Crippen LogP contribution in [0, 0.1) is 0 Å². The number of nitrogens with zero attached hydrogens (tertiary/aromatic N) is 1. The molecule has 106 valence electrons. The lowest BCUT2D eigenvalue weighted by atomic mass is 10.2. The minimum atomic E-state index is -1.03. The van der Waals surface area contributed by atoms with Gasteiger partial charge in [0.1, 0.15) is 12.6 Å². The van der Waals surface area contributed by atoms with Gasteiger partial charge in [-0.05, 0) is 27.7 Å². The normalized spacial score (nSPS) is 12.5. The van der Waals surface area contributed by atoms with E-state index in [1.807, 2.05) is 6.92 Å². The van der Waals surface area contributed by atoms with Crippen molar-refractivity contribution in [3.05, 3.63) is 0 Å². The summed E-state index contributed by atoms with van der Waals surface area (Å²) in [5.41, 5.74) is 0. The quantitative estimate of drug-likeness (QED) is 0.620. The van der Waals surface area contributed by atoms with Crippen molar-refractivity contribution in [2.24, 2.45) is 0 Å². The maximum Gasteiger partial charge on any atom is 0.323 e. The summed E-state index contributed by atoms with van der Waals surface area (Å²) in [6, 6.07) is -0.174. The van der Waals surface area contributed by atoms with Crippen LogP contribution in [0.3, 0.4) is 0 Å². The summed E-state index contributed by atoms with van der Waals surface area (Å²) in [5, 5.41) is 8.75. The van der Waals surface area contributed by atoms with Gasteiger partial charge >= 0.3 is 5.97 Å². The molecule has 0 saturated carbocycles. The molecule has 0 aromatic heterocycles. The van der Waals surface area contributed by atoms with Crippen molar-refractivity contribution < 1.29 is 24.2 Å². The van der Waals surface area contributed by atoms with Gasteiger partial charge in [-0.3, -0.25) is 9.59 Å². The monoisotopic (exact) mass is 261 g/mol. The number of aliphatic carboxylic acids is 1. The lowest BCUT2D eigenvalue weighted by molar-refractivity contribution is -0.152. The van der Waals surface area contributed by atoms with E-state index in [1.165, 1.54) is 4.90 Å². The molecule has 0 aliphatic rings. The third-order valence-corrected chi connectivity index (χ3v) is 2.36. The molecule has 0 heterocycles. The van der Waals surface area contributed by atoms with Crippen LogP contribution in [0.1, 0.15) is 27.7 Å². The fraction of sp³-hybridized carbons (Fsp3) is 0.833. The molecular weight excluding hydrogens is 238 g/mol. The summed E-state index contributed by atoms with van der Waals surface area (Å²) in [6.07, 6.45) is -0.660. The van der Waals surface area contributed by atoms with Crippen molar-refractivity contribution in [2.45, 2.75) is 39.8 Å². The highest BCUT2D eigenvalue weighted by Gasteiger charge is 2.25. The Bertz CT molecular complexity index is 267. The number of rotatable bonds is 9. The molecule has 0 saturated heterocycles. The summed E-state index contributed by atoms with van der Waals surface area (Å²) >= 11 is 0. The number of carboxylic acids is 1. The predicted molar refractivity (Wildman–Crippen MR) is 66.4 cm³/mol. The van der Waals surface area contributed by atoms with Crippen molar-refractivity contribution in [2.75, 3.05) is 26.4 Å². The van der Waals surface area contributed by atoms with Crippen LogP contribution < -0.4 is 0 Å². The lowest BCUT2D eigenvalue weighted by Crippen LogP contribution is -2.46. The number of amides is 1. The first-order chi connectivity index (χ1) is 8.40. The van der Waals surface area contributed by atoms with E-state index in [0.717, 1.165) is 0 Å². The average molecular weight is 261 g/mol. The van der Waals surface area contributed by atoms with E-state index in [9.17, 15) is 9.59 Å². The van der Waals surface area contributed by atoms with E-state index in [0.29, 0.717) is 19.8 Å². The van der Waals surface area contributed by atoms with E-state index in [2.05, 4.69) is 0 Å². The number of carbonyl (C=O) groups is 2. The number of carbonyl (C=O) groups excluding carboxylic acids is 1. The smallest absolute Gasteiger partial charge is 0.323 e. The molecule has 18 heavy (non-hydrogen) atoms. The summed E-state index contributed by atoms with van der Waals surface area (Å²) in [4.78, 5) is 24.0. The zero-order valence-corrected chi connectivity index (χ0v) is 11.5. The molecule has 1 amide bonds. The molecule has 0 bridgehead atoms. The zero-order chi connectivity index (χ0) is 14.1. The number of hydrogen-bond acceptors (Lipinski definition) is 4. The highest BCUT2D eigenvalue weighted by atomic mass is 16.5. The van der Waals surface area contributed by atoms with Gasteiger partial charge in [0.25, 0.3) is 5.91 Å². The predicted octanol–water partition coefficient (Wildman–Crippen LogP) is 0.750. The van der Waals surface area contributed by atoms with E-state index < -0.39 is 12.1 Å². The molecule has 0 aromatic rings. The molecule has 0 aromatic carbocycles. The van der Waals surface area contributed by atoms with E-state index in [-0.39, 0.29) is 18.5 Å². The molecule has 0 aliphatic heterocycles. The van der Waals surface area contributed by atoms with Gasteiger partial charge in [0.05, 0.1) is 13.2 Å². The number of carboxylic acid groups (broad SMARTS) is 1. The molecule has 0 fully saturated rings. The number of ether oxygens (including phenoxy) is 2. The van der Waals surface area contributed by atoms with Crippen LogP contribution in [0.5, 0.6) is 0 Å². The maximum atomic E-state index is 12.0. The van der Waals surface area contributed by atoms with Crippen LogP contribution in [-0.2, 0) is 19.1 Å². The average Bonchev–Trinajstić information content (AvgIpc) is 2.30. The zero-order valence-electron chi connectivity index (χ0n) is 11.5. The molecule has 1 N–H and O–H groups in total. The highest BCUT2D eigenvalue weighted by Crippen LogP contribution is 2.04. The van der Waals surface area contributed by atoms with Gasteiger partial charge in [-0.1, -0.05) is 0 Å². The molecule has 0 rings (SSSR count). The molecule has 0 spiro atoms. The molecule has 6 heteroatoms. The first-order valence-electron chi connectivity index (χ1n) is 6.11. The minimum absolute atomic E-state index is 0.174. The molecule has 0 radical (unpaired) electrons.